The van der Waals surface area contributed by atoms with Gasteiger partial charge in [-0.2, -0.15) is 5.10 Å². The quantitative estimate of drug-likeness (QED) is 0.874. The van der Waals surface area contributed by atoms with Gasteiger partial charge >= 0.3 is 5.97 Å². The second-order valence-electron chi connectivity index (χ2n) is 5.31. The molecule has 1 saturated carbocycles. The molecule has 2 rings (SSSR count). The molecule has 0 spiro atoms. The van der Waals surface area contributed by atoms with E-state index in [1.54, 1.807) is 6.07 Å². The van der Waals surface area contributed by atoms with Crippen molar-refractivity contribution in [2.75, 3.05) is 0 Å². The zero-order valence-electron chi connectivity index (χ0n) is 10.5. The second kappa shape index (κ2) is 4.90. The van der Waals surface area contributed by atoms with Crippen LogP contribution >= 0.6 is 0 Å². The van der Waals surface area contributed by atoms with E-state index in [0.717, 1.165) is 25.0 Å². The molecule has 1 fully saturated rings. The van der Waals surface area contributed by atoms with Crippen molar-refractivity contribution in [1.29, 1.82) is 0 Å². The summed E-state index contributed by atoms with van der Waals surface area (Å²) >= 11 is 0. The van der Waals surface area contributed by atoms with Crippen molar-refractivity contribution in [1.82, 2.24) is 9.78 Å². The number of nitrogens with zero attached hydrogens (tertiary/aromatic N) is 2. The fourth-order valence-corrected chi connectivity index (χ4v) is 2.57. The summed E-state index contributed by atoms with van der Waals surface area (Å²) in [4.78, 5) is 11.0. The number of carbonyl (C=O) groups is 1. The van der Waals surface area contributed by atoms with E-state index in [1.807, 2.05) is 4.68 Å². The van der Waals surface area contributed by atoms with Crippen molar-refractivity contribution in [3.63, 3.8) is 0 Å². The molecule has 0 aliphatic heterocycles. The van der Waals surface area contributed by atoms with Crippen LogP contribution in [0.5, 0.6) is 0 Å². The zero-order chi connectivity index (χ0) is 12.4. The van der Waals surface area contributed by atoms with E-state index < -0.39 is 5.97 Å². The van der Waals surface area contributed by atoms with Gasteiger partial charge in [0.15, 0.2) is 5.69 Å². The van der Waals surface area contributed by atoms with Crippen LogP contribution in [0.15, 0.2) is 6.07 Å². The summed E-state index contributed by atoms with van der Waals surface area (Å²) in [6, 6.07) is 2.15. The van der Waals surface area contributed by atoms with E-state index in [-0.39, 0.29) is 5.69 Å². The Morgan fingerprint density at radius 3 is 2.71 bits per heavy atom. The molecule has 0 aromatic carbocycles. The molecule has 4 nitrogen and oxygen atoms in total. The lowest BCUT2D eigenvalue weighted by Gasteiger charge is -2.15. The van der Waals surface area contributed by atoms with Crippen LogP contribution in [-0.2, 0) is 6.42 Å². The minimum atomic E-state index is -0.924. The van der Waals surface area contributed by atoms with Crippen molar-refractivity contribution < 1.29 is 9.90 Å². The van der Waals surface area contributed by atoms with Gasteiger partial charge in [-0.1, -0.05) is 26.7 Å². The monoisotopic (exact) mass is 236 g/mol. The summed E-state index contributed by atoms with van der Waals surface area (Å²) in [7, 11) is 0. The fourth-order valence-electron chi connectivity index (χ4n) is 2.57. The molecule has 1 aliphatic carbocycles. The van der Waals surface area contributed by atoms with Gasteiger partial charge in [-0.25, -0.2) is 4.79 Å². The average molecular weight is 236 g/mol. The molecule has 1 aromatic heterocycles. The zero-order valence-corrected chi connectivity index (χ0v) is 10.5. The summed E-state index contributed by atoms with van der Waals surface area (Å²) in [5.74, 6) is -0.403. The Bertz CT molecular complexity index is 404. The van der Waals surface area contributed by atoms with E-state index in [1.165, 1.54) is 12.8 Å². The van der Waals surface area contributed by atoms with Crippen LogP contribution in [0.2, 0.25) is 0 Å². The van der Waals surface area contributed by atoms with Crippen LogP contribution < -0.4 is 0 Å². The number of hydrogen-bond acceptors (Lipinski definition) is 2. The Kier molecular flexibility index (Phi) is 3.50. The molecule has 0 amide bonds. The van der Waals surface area contributed by atoms with Crippen molar-refractivity contribution in [2.24, 2.45) is 5.92 Å². The number of aromatic carboxylic acids is 1. The normalized spacial score (nSPS) is 16.9. The Balaban J connectivity index is 2.29. The molecule has 1 aromatic rings. The molecule has 0 radical (unpaired) electrons. The Labute approximate surface area is 102 Å². The average Bonchev–Trinajstić information content (AvgIpc) is 2.83. The van der Waals surface area contributed by atoms with Crippen molar-refractivity contribution in [3.05, 3.63) is 17.5 Å². The fraction of sp³-hybridized carbons (Fsp3) is 0.692. The first-order valence-corrected chi connectivity index (χ1v) is 6.39. The van der Waals surface area contributed by atoms with E-state index in [0.29, 0.717) is 12.0 Å². The lowest BCUT2D eigenvalue weighted by molar-refractivity contribution is 0.0689. The van der Waals surface area contributed by atoms with Crippen LogP contribution in [0.3, 0.4) is 0 Å². The minimum Gasteiger partial charge on any atom is -0.476 e. The molecule has 0 unspecified atom stereocenters. The lowest BCUT2D eigenvalue weighted by atomic mass is 10.1. The first-order valence-electron chi connectivity index (χ1n) is 6.39. The lowest BCUT2D eigenvalue weighted by Crippen LogP contribution is -2.12. The summed E-state index contributed by atoms with van der Waals surface area (Å²) < 4.78 is 1.97. The molecule has 17 heavy (non-hydrogen) atoms. The molecular weight excluding hydrogens is 216 g/mol. The molecule has 0 bridgehead atoms. The molecule has 1 N–H and O–H groups in total. The van der Waals surface area contributed by atoms with E-state index >= 15 is 0 Å². The van der Waals surface area contributed by atoms with Crippen molar-refractivity contribution in [2.45, 2.75) is 52.0 Å². The first kappa shape index (κ1) is 12.1. The highest BCUT2D eigenvalue weighted by Gasteiger charge is 2.23. The largest absolute Gasteiger partial charge is 0.476 e. The van der Waals surface area contributed by atoms with Gasteiger partial charge in [0.1, 0.15) is 0 Å². The third kappa shape index (κ3) is 2.68. The van der Waals surface area contributed by atoms with Gasteiger partial charge < -0.3 is 5.11 Å². The van der Waals surface area contributed by atoms with Crippen molar-refractivity contribution >= 4 is 5.97 Å². The van der Waals surface area contributed by atoms with Crippen LogP contribution in [0.1, 0.15) is 61.8 Å². The maximum absolute atomic E-state index is 11.0. The maximum Gasteiger partial charge on any atom is 0.356 e. The van der Waals surface area contributed by atoms with E-state index in [2.05, 4.69) is 18.9 Å². The highest BCUT2D eigenvalue weighted by atomic mass is 16.4. The third-order valence-electron chi connectivity index (χ3n) is 3.32. The predicted octanol–water partition coefficient (Wildman–Crippen LogP) is 2.89. The first-order chi connectivity index (χ1) is 8.08. The maximum atomic E-state index is 11.0. The van der Waals surface area contributed by atoms with Gasteiger partial charge in [-0.05, 0) is 31.2 Å². The molecule has 0 atom stereocenters. The van der Waals surface area contributed by atoms with Crippen LogP contribution in [0, 0.1) is 5.92 Å². The Morgan fingerprint density at radius 2 is 2.18 bits per heavy atom. The molecule has 0 saturated heterocycles. The highest BCUT2D eigenvalue weighted by molar-refractivity contribution is 5.85. The second-order valence-corrected chi connectivity index (χ2v) is 5.31. The summed E-state index contributed by atoms with van der Waals surface area (Å²) in [5.41, 5.74) is 1.26. The summed E-state index contributed by atoms with van der Waals surface area (Å²) in [5, 5.41) is 13.3. The summed E-state index contributed by atoms with van der Waals surface area (Å²) in [6.07, 6.45) is 5.62. The number of aromatic nitrogens is 2. The van der Waals surface area contributed by atoms with Gasteiger partial charge in [0.2, 0.25) is 0 Å². The van der Waals surface area contributed by atoms with Crippen LogP contribution in [0.4, 0.5) is 0 Å². The summed E-state index contributed by atoms with van der Waals surface area (Å²) in [6.45, 7) is 4.29. The topological polar surface area (TPSA) is 55.1 Å². The molecule has 1 heterocycles. The number of rotatable bonds is 4. The Hall–Kier alpha value is -1.32. The van der Waals surface area contributed by atoms with Gasteiger partial charge in [-0.15, -0.1) is 0 Å². The number of carboxylic acids is 1. The van der Waals surface area contributed by atoms with E-state index in [9.17, 15) is 4.79 Å². The SMILES string of the molecule is CC(C)Cc1cc(C(=O)O)nn1C1CCCC1. The predicted molar refractivity (Wildman–Crippen MR) is 65.2 cm³/mol. The number of hydrogen-bond donors (Lipinski definition) is 1. The molecule has 1 aliphatic rings. The smallest absolute Gasteiger partial charge is 0.356 e. The minimum absolute atomic E-state index is 0.188. The van der Waals surface area contributed by atoms with E-state index in [4.69, 9.17) is 5.11 Å². The number of carboxylic acid groups (broad SMARTS) is 1. The Morgan fingerprint density at radius 1 is 1.53 bits per heavy atom. The van der Waals surface area contributed by atoms with Crippen LogP contribution in [0.25, 0.3) is 0 Å². The highest BCUT2D eigenvalue weighted by Crippen LogP contribution is 2.30. The van der Waals surface area contributed by atoms with Gasteiger partial charge in [0.05, 0.1) is 6.04 Å². The molecular formula is C13H20N2O2. The standard InChI is InChI=1S/C13H20N2O2/c1-9(2)7-11-8-12(13(16)17)14-15(11)10-5-3-4-6-10/h8-10H,3-7H2,1-2H3,(H,16,17). The van der Waals surface area contributed by atoms with Gasteiger partial charge in [-0.3, -0.25) is 4.68 Å². The van der Waals surface area contributed by atoms with Crippen molar-refractivity contribution in [3.8, 4) is 0 Å². The van der Waals surface area contributed by atoms with Gasteiger partial charge in [0.25, 0.3) is 0 Å². The molecule has 4 heteroatoms. The molecule has 94 valence electrons. The van der Waals surface area contributed by atoms with Gasteiger partial charge in [0, 0.05) is 5.69 Å². The third-order valence-corrected chi connectivity index (χ3v) is 3.32. The van der Waals surface area contributed by atoms with Crippen LogP contribution in [-0.4, -0.2) is 20.9 Å².